The van der Waals surface area contributed by atoms with Gasteiger partial charge in [0.25, 0.3) is 5.69 Å². The van der Waals surface area contributed by atoms with E-state index in [2.05, 4.69) is 0 Å². The lowest BCUT2D eigenvalue weighted by Gasteiger charge is -2.33. The van der Waals surface area contributed by atoms with Crippen molar-refractivity contribution >= 4 is 35.2 Å². The summed E-state index contributed by atoms with van der Waals surface area (Å²) >= 11 is 1.27. The minimum atomic E-state index is -0.477. The molecule has 164 valence electrons. The Balaban J connectivity index is 1.88. The summed E-state index contributed by atoms with van der Waals surface area (Å²) < 4.78 is 5.06. The summed E-state index contributed by atoms with van der Waals surface area (Å²) in [6, 6.07) is 5.98. The number of benzene rings is 1. The van der Waals surface area contributed by atoms with Crippen LogP contribution in [0.4, 0.5) is 5.69 Å². The SMILES string of the molecule is CCOC(=O)C1CCCN(C(=O)CN(C)C(=O)C(C)Sc2ccc([N+](=O)[O-])cc2)C1. The van der Waals surface area contributed by atoms with Crippen molar-refractivity contribution < 1.29 is 24.0 Å². The molecule has 1 aromatic rings. The standard InChI is InChI=1S/C20H27N3O6S/c1-4-29-20(26)15-6-5-11-22(12-15)18(24)13-21(3)19(25)14(2)30-17-9-7-16(8-10-17)23(27)28/h7-10,14-15H,4-6,11-13H2,1-3H3. The largest absolute Gasteiger partial charge is 0.466 e. The predicted octanol–water partition coefficient (Wildman–Crippen LogP) is 2.34. The molecule has 1 fully saturated rings. The number of ether oxygens (including phenoxy) is 1. The fourth-order valence-corrected chi connectivity index (χ4v) is 4.23. The topological polar surface area (TPSA) is 110 Å². The van der Waals surface area contributed by atoms with Crippen molar-refractivity contribution in [2.24, 2.45) is 5.92 Å². The minimum absolute atomic E-state index is 0.0105. The average molecular weight is 438 g/mol. The van der Waals surface area contributed by atoms with Crippen LogP contribution in [0.5, 0.6) is 0 Å². The maximum absolute atomic E-state index is 12.7. The van der Waals surface area contributed by atoms with Gasteiger partial charge in [0.1, 0.15) is 0 Å². The summed E-state index contributed by atoms with van der Waals surface area (Å²) in [5.41, 5.74) is -0.0105. The fraction of sp³-hybridized carbons (Fsp3) is 0.550. The smallest absolute Gasteiger partial charge is 0.310 e. The number of hydrogen-bond donors (Lipinski definition) is 0. The lowest BCUT2D eigenvalue weighted by molar-refractivity contribution is -0.384. The van der Waals surface area contributed by atoms with E-state index in [-0.39, 0.29) is 35.9 Å². The molecule has 1 saturated heterocycles. The minimum Gasteiger partial charge on any atom is -0.466 e. The molecule has 0 N–H and O–H groups in total. The van der Waals surface area contributed by atoms with Gasteiger partial charge in [0, 0.05) is 37.2 Å². The molecule has 2 unspecified atom stereocenters. The lowest BCUT2D eigenvalue weighted by atomic mass is 9.98. The van der Waals surface area contributed by atoms with Crippen LogP contribution in [0.3, 0.4) is 0 Å². The van der Waals surface area contributed by atoms with Crippen LogP contribution >= 0.6 is 11.8 Å². The summed E-state index contributed by atoms with van der Waals surface area (Å²) in [4.78, 5) is 51.2. The highest BCUT2D eigenvalue weighted by molar-refractivity contribution is 8.00. The third-order valence-corrected chi connectivity index (χ3v) is 5.95. The first kappa shape index (κ1) is 23.7. The van der Waals surface area contributed by atoms with Gasteiger partial charge in [0.05, 0.1) is 29.2 Å². The molecule has 0 saturated carbocycles. The number of amides is 2. The van der Waals surface area contributed by atoms with Gasteiger partial charge in [-0.15, -0.1) is 11.8 Å². The molecular formula is C20H27N3O6S. The number of carbonyl (C=O) groups is 3. The van der Waals surface area contributed by atoms with Crippen molar-refractivity contribution in [2.45, 2.75) is 36.8 Å². The maximum atomic E-state index is 12.7. The molecular weight excluding hydrogens is 410 g/mol. The Morgan fingerprint density at radius 2 is 2.00 bits per heavy atom. The molecule has 2 amide bonds. The van der Waals surface area contributed by atoms with Crippen LogP contribution in [0.1, 0.15) is 26.7 Å². The quantitative estimate of drug-likeness (QED) is 0.266. The fourth-order valence-electron chi connectivity index (χ4n) is 3.25. The Kier molecular flexibility index (Phi) is 8.64. The zero-order valence-corrected chi connectivity index (χ0v) is 18.2. The number of non-ortho nitro benzene ring substituents is 1. The molecule has 10 heteroatoms. The number of esters is 1. The molecule has 0 aromatic heterocycles. The van der Waals surface area contributed by atoms with E-state index in [9.17, 15) is 24.5 Å². The monoisotopic (exact) mass is 437 g/mol. The predicted molar refractivity (Wildman–Crippen MR) is 112 cm³/mol. The molecule has 2 rings (SSSR count). The normalized spacial score (nSPS) is 17.2. The van der Waals surface area contributed by atoms with E-state index in [1.54, 1.807) is 37.9 Å². The van der Waals surface area contributed by atoms with Gasteiger partial charge in [-0.1, -0.05) is 0 Å². The van der Waals surface area contributed by atoms with Crippen molar-refractivity contribution in [3.63, 3.8) is 0 Å². The third kappa shape index (κ3) is 6.45. The molecule has 30 heavy (non-hydrogen) atoms. The first-order valence-electron chi connectivity index (χ1n) is 9.83. The van der Waals surface area contributed by atoms with Crippen molar-refractivity contribution in [1.82, 2.24) is 9.80 Å². The Morgan fingerprint density at radius 1 is 1.33 bits per heavy atom. The number of nitro benzene ring substituents is 1. The molecule has 0 bridgehead atoms. The number of carbonyl (C=O) groups excluding carboxylic acids is 3. The summed E-state index contributed by atoms with van der Waals surface area (Å²) in [7, 11) is 1.57. The second kappa shape index (κ2) is 11.0. The average Bonchev–Trinajstić information content (AvgIpc) is 2.73. The Labute approximate surface area is 179 Å². The van der Waals surface area contributed by atoms with Crippen LogP contribution in [0.2, 0.25) is 0 Å². The molecule has 1 heterocycles. The Morgan fingerprint density at radius 3 is 2.60 bits per heavy atom. The zero-order chi connectivity index (χ0) is 22.3. The van der Waals surface area contributed by atoms with Gasteiger partial charge in [0.15, 0.2) is 0 Å². The number of likely N-dealkylation sites (N-methyl/N-ethyl adjacent to an activating group) is 1. The van der Waals surface area contributed by atoms with Gasteiger partial charge in [-0.05, 0) is 38.8 Å². The summed E-state index contributed by atoms with van der Waals surface area (Å²) in [5.74, 6) is -1.02. The van der Waals surface area contributed by atoms with E-state index in [0.717, 1.165) is 11.3 Å². The number of piperidine rings is 1. The number of likely N-dealkylation sites (tertiary alicyclic amines) is 1. The van der Waals surface area contributed by atoms with Crippen molar-refractivity contribution in [2.75, 3.05) is 33.3 Å². The van der Waals surface area contributed by atoms with E-state index >= 15 is 0 Å². The number of nitro groups is 1. The van der Waals surface area contributed by atoms with E-state index in [4.69, 9.17) is 4.74 Å². The number of nitrogens with zero attached hydrogens (tertiary/aromatic N) is 3. The van der Waals surface area contributed by atoms with Gasteiger partial charge in [-0.3, -0.25) is 24.5 Å². The molecule has 0 spiro atoms. The van der Waals surface area contributed by atoms with Crippen molar-refractivity contribution in [3.05, 3.63) is 34.4 Å². The summed E-state index contributed by atoms with van der Waals surface area (Å²) in [5, 5.41) is 10.3. The molecule has 1 aliphatic heterocycles. The molecule has 0 radical (unpaired) electrons. The maximum Gasteiger partial charge on any atom is 0.310 e. The van der Waals surface area contributed by atoms with Gasteiger partial charge in [-0.25, -0.2) is 0 Å². The molecule has 2 atom stereocenters. The summed E-state index contributed by atoms with van der Waals surface area (Å²) in [6.45, 7) is 4.59. The van der Waals surface area contributed by atoms with Crippen LogP contribution in [0, 0.1) is 16.0 Å². The van der Waals surface area contributed by atoms with E-state index in [0.29, 0.717) is 26.1 Å². The van der Waals surface area contributed by atoms with Crippen LogP contribution < -0.4 is 0 Å². The zero-order valence-electron chi connectivity index (χ0n) is 17.4. The van der Waals surface area contributed by atoms with E-state index < -0.39 is 10.2 Å². The third-order valence-electron chi connectivity index (χ3n) is 4.85. The number of hydrogen-bond acceptors (Lipinski definition) is 7. The summed E-state index contributed by atoms with van der Waals surface area (Å²) in [6.07, 6.45) is 1.42. The molecule has 9 nitrogen and oxygen atoms in total. The molecule has 1 aliphatic rings. The van der Waals surface area contributed by atoms with Crippen LogP contribution in [0.15, 0.2) is 29.2 Å². The highest BCUT2D eigenvalue weighted by Crippen LogP contribution is 2.26. The molecule has 1 aromatic carbocycles. The van der Waals surface area contributed by atoms with Crippen molar-refractivity contribution in [3.8, 4) is 0 Å². The highest BCUT2D eigenvalue weighted by atomic mass is 32.2. The van der Waals surface area contributed by atoms with E-state index in [1.165, 1.54) is 28.8 Å². The number of rotatable bonds is 8. The number of thioether (sulfide) groups is 1. The lowest BCUT2D eigenvalue weighted by Crippen LogP contribution is -2.48. The highest BCUT2D eigenvalue weighted by Gasteiger charge is 2.30. The van der Waals surface area contributed by atoms with E-state index in [1.807, 2.05) is 0 Å². The van der Waals surface area contributed by atoms with Crippen LogP contribution in [-0.2, 0) is 19.1 Å². The first-order valence-corrected chi connectivity index (χ1v) is 10.7. The van der Waals surface area contributed by atoms with Gasteiger partial charge in [0.2, 0.25) is 11.8 Å². The van der Waals surface area contributed by atoms with Gasteiger partial charge in [-0.2, -0.15) is 0 Å². The second-order valence-corrected chi connectivity index (χ2v) is 8.55. The molecule has 0 aliphatic carbocycles. The van der Waals surface area contributed by atoms with Gasteiger partial charge >= 0.3 is 5.97 Å². The van der Waals surface area contributed by atoms with Crippen molar-refractivity contribution in [1.29, 1.82) is 0 Å². The first-order chi connectivity index (χ1) is 14.2. The van der Waals surface area contributed by atoms with Crippen LogP contribution in [-0.4, -0.2) is 71.0 Å². The van der Waals surface area contributed by atoms with Gasteiger partial charge < -0.3 is 14.5 Å². The Bertz CT molecular complexity index is 785. The Hall–Kier alpha value is -2.62. The van der Waals surface area contributed by atoms with Crippen LogP contribution in [0.25, 0.3) is 0 Å². The second-order valence-electron chi connectivity index (χ2n) is 7.14.